The van der Waals surface area contributed by atoms with Crippen molar-refractivity contribution in [1.29, 1.82) is 0 Å². The zero-order valence-electron chi connectivity index (χ0n) is 19.5. The first kappa shape index (κ1) is 23.5. The van der Waals surface area contributed by atoms with Crippen molar-refractivity contribution >= 4 is 34.8 Å². The summed E-state index contributed by atoms with van der Waals surface area (Å²) in [5.41, 5.74) is 5.07. The first-order valence-electron chi connectivity index (χ1n) is 11.4. The first-order valence-corrected chi connectivity index (χ1v) is 11.8. The second-order valence-corrected chi connectivity index (χ2v) is 9.40. The van der Waals surface area contributed by atoms with Crippen LogP contribution in [0.2, 0.25) is 5.02 Å². The highest BCUT2D eigenvalue weighted by Crippen LogP contribution is 2.31. The van der Waals surface area contributed by atoms with Crippen LogP contribution in [0.3, 0.4) is 0 Å². The van der Waals surface area contributed by atoms with E-state index in [4.69, 9.17) is 11.6 Å². The minimum Gasteiger partial charge on any atom is -0.374 e. The van der Waals surface area contributed by atoms with Gasteiger partial charge in [-0.05, 0) is 55.3 Å². The van der Waals surface area contributed by atoms with Gasteiger partial charge < -0.3 is 20.4 Å². The highest BCUT2D eigenvalue weighted by Gasteiger charge is 2.27. The van der Waals surface area contributed by atoms with Crippen LogP contribution in [0.4, 0.5) is 11.4 Å². The van der Waals surface area contributed by atoms with Gasteiger partial charge in [0.1, 0.15) is 0 Å². The van der Waals surface area contributed by atoms with Crippen LogP contribution in [0.25, 0.3) is 0 Å². The molecule has 4 rings (SSSR count). The van der Waals surface area contributed by atoms with E-state index in [1.165, 1.54) is 16.8 Å². The summed E-state index contributed by atoms with van der Waals surface area (Å²) >= 11 is 6.13. The van der Waals surface area contributed by atoms with E-state index in [1.54, 1.807) is 18.2 Å². The molecular weight excluding hydrogens is 438 g/mol. The Kier molecular flexibility index (Phi) is 7.22. The summed E-state index contributed by atoms with van der Waals surface area (Å²) in [4.78, 5) is 32.2. The predicted octanol–water partition coefficient (Wildman–Crippen LogP) is 2.68. The van der Waals surface area contributed by atoms with Crippen LogP contribution in [0.5, 0.6) is 0 Å². The standard InChI is InChI=1S/C25H32ClN5O2/c1-17-20(26)5-4-6-21(17)28-25(33)24(32)27-16-23(31-13-11-29(2)12-14-31)18-7-8-22-19(15-18)9-10-30(22)3/h4-8,15,23H,9-14,16H2,1-3H3,(H,27,32)(H,28,33). The van der Waals surface area contributed by atoms with E-state index in [0.717, 1.165) is 44.7 Å². The van der Waals surface area contributed by atoms with E-state index >= 15 is 0 Å². The van der Waals surface area contributed by atoms with E-state index in [0.29, 0.717) is 17.3 Å². The molecule has 33 heavy (non-hydrogen) atoms. The van der Waals surface area contributed by atoms with Crippen molar-refractivity contribution in [2.75, 3.05) is 63.6 Å². The highest BCUT2D eigenvalue weighted by molar-refractivity contribution is 6.40. The molecule has 1 fully saturated rings. The number of likely N-dealkylation sites (N-methyl/N-ethyl adjacent to an activating group) is 2. The number of carbonyl (C=O) groups is 2. The molecule has 1 saturated heterocycles. The van der Waals surface area contributed by atoms with Crippen LogP contribution in [0, 0.1) is 6.92 Å². The zero-order valence-corrected chi connectivity index (χ0v) is 20.3. The summed E-state index contributed by atoms with van der Waals surface area (Å²) in [6, 6.07) is 11.9. The number of piperazine rings is 1. The molecule has 0 aliphatic carbocycles. The Bertz CT molecular complexity index is 1040. The summed E-state index contributed by atoms with van der Waals surface area (Å²) in [6.07, 6.45) is 1.03. The molecule has 0 radical (unpaired) electrons. The van der Waals surface area contributed by atoms with Crippen LogP contribution in [-0.2, 0) is 16.0 Å². The minimum absolute atomic E-state index is 0.0135. The average Bonchev–Trinajstić information content (AvgIpc) is 3.18. The predicted molar refractivity (Wildman–Crippen MR) is 133 cm³/mol. The minimum atomic E-state index is -0.687. The lowest BCUT2D eigenvalue weighted by molar-refractivity contribution is -0.136. The quantitative estimate of drug-likeness (QED) is 0.659. The van der Waals surface area contributed by atoms with Gasteiger partial charge >= 0.3 is 11.8 Å². The molecule has 0 spiro atoms. The lowest BCUT2D eigenvalue weighted by Crippen LogP contribution is -2.49. The number of rotatable bonds is 5. The van der Waals surface area contributed by atoms with Gasteiger partial charge in [0.15, 0.2) is 0 Å². The molecule has 176 valence electrons. The molecular formula is C25H32ClN5O2. The van der Waals surface area contributed by atoms with Crippen LogP contribution < -0.4 is 15.5 Å². The number of hydrogen-bond acceptors (Lipinski definition) is 5. The Morgan fingerprint density at radius 1 is 1.03 bits per heavy atom. The fourth-order valence-electron chi connectivity index (χ4n) is 4.58. The van der Waals surface area contributed by atoms with Gasteiger partial charge in [0.2, 0.25) is 0 Å². The number of carbonyl (C=O) groups excluding carboxylic acids is 2. The largest absolute Gasteiger partial charge is 0.374 e. The number of anilines is 2. The Balaban J connectivity index is 1.47. The number of amides is 2. The second kappa shape index (κ2) is 10.1. The van der Waals surface area contributed by atoms with Crippen molar-refractivity contribution in [2.45, 2.75) is 19.4 Å². The Morgan fingerprint density at radius 2 is 1.79 bits per heavy atom. The maximum Gasteiger partial charge on any atom is 0.313 e. The molecule has 0 aromatic heterocycles. The van der Waals surface area contributed by atoms with E-state index in [9.17, 15) is 9.59 Å². The smallest absolute Gasteiger partial charge is 0.313 e. The van der Waals surface area contributed by atoms with Crippen molar-refractivity contribution in [3.8, 4) is 0 Å². The molecule has 0 saturated carbocycles. The zero-order chi connectivity index (χ0) is 23.5. The average molecular weight is 470 g/mol. The van der Waals surface area contributed by atoms with Crippen LogP contribution in [0.1, 0.15) is 22.7 Å². The third kappa shape index (κ3) is 5.32. The number of fused-ring (bicyclic) bond motifs is 1. The van der Waals surface area contributed by atoms with Gasteiger partial charge in [-0.15, -0.1) is 0 Å². The number of nitrogens with one attached hydrogen (secondary N) is 2. The molecule has 2 heterocycles. The van der Waals surface area contributed by atoms with Crippen LogP contribution >= 0.6 is 11.6 Å². The Hall–Kier alpha value is -2.61. The van der Waals surface area contributed by atoms with E-state index in [-0.39, 0.29) is 6.04 Å². The van der Waals surface area contributed by atoms with Gasteiger partial charge in [-0.1, -0.05) is 29.8 Å². The summed E-state index contributed by atoms with van der Waals surface area (Å²) < 4.78 is 0. The van der Waals surface area contributed by atoms with Gasteiger partial charge in [-0.2, -0.15) is 0 Å². The van der Waals surface area contributed by atoms with E-state index < -0.39 is 11.8 Å². The summed E-state index contributed by atoms with van der Waals surface area (Å²) in [5.74, 6) is -1.33. The van der Waals surface area contributed by atoms with Crippen LogP contribution in [0.15, 0.2) is 36.4 Å². The molecule has 7 nitrogen and oxygen atoms in total. The fraction of sp³-hybridized carbons (Fsp3) is 0.440. The topological polar surface area (TPSA) is 67.9 Å². The summed E-state index contributed by atoms with van der Waals surface area (Å²) in [6.45, 7) is 7.00. The molecule has 2 aromatic rings. The summed E-state index contributed by atoms with van der Waals surface area (Å²) in [5, 5.41) is 6.09. The number of halogens is 1. The van der Waals surface area contributed by atoms with E-state index in [2.05, 4.69) is 57.6 Å². The molecule has 0 bridgehead atoms. The number of hydrogen-bond donors (Lipinski definition) is 2. The van der Waals surface area contributed by atoms with Crippen molar-refractivity contribution < 1.29 is 9.59 Å². The molecule has 8 heteroatoms. The molecule has 2 aliphatic rings. The Morgan fingerprint density at radius 3 is 2.55 bits per heavy atom. The highest BCUT2D eigenvalue weighted by atomic mass is 35.5. The van der Waals surface area contributed by atoms with Gasteiger partial charge in [0.25, 0.3) is 0 Å². The van der Waals surface area contributed by atoms with Crippen molar-refractivity contribution in [3.05, 3.63) is 58.1 Å². The SMILES string of the molecule is Cc1c(Cl)cccc1NC(=O)C(=O)NCC(c1ccc2c(c1)CCN2C)N1CCN(C)CC1. The second-order valence-electron chi connectivity index (χ2n) is 8.99. The van der Waals surface area contributed by atoms with Crippen molar-refractivity contribution in [3.63, 3.8) is 0 Å². The third-order valence-electron chi connectivity index (χ3n) is 6.77. The normalized spacial score (nSPS) is 17.5. The van der Waals surface area contributed by atoms with Crippen LogP contribution in [-0.4, -0.2) is 75.0 Å². The molecule has 2 aromatic carbocycles. The number of nitrogens with zero attached hydrogens (tertiary/aromatic N) is 3. The molecule has 1 atom stereocenters. The number of benzene rings is 2. The maximum absolute atomic E-state index is 12.7. The fourth-order valence-corrected chi connectivity index (χ4v) is 4.75. The molecule has 2 N–H and O–H groups in total. The Labute approximate surface area is 200 Å². The van der Waals surface area contributed by atoms with Gasteiger partial charge in [-0.25, -0.2) is 0 Å². The van der Waals surface area contributed by atoms with E-state index in [1.807, 2.05) is 6.92 Å². The lowest BCUT2D eigenvalue weighted by Gasteiger charge is -2.38. The first-order chi connectivity index (χ1) is 15.8. The molecule has 2 amide bonds. The summed E-state index contributed by atoms with van der Waals surface area (Å²) in [7, 11) is 4.24. The van der Waals surface area contributed by atoms with Gasteiger partial charge in [0.05, 0.1) is 6.04 Å². The maximum atomic E-state index is 12.7. The molecule has 2 aliphatic heterocycles. The van der Waals surface area contributed by atoms with Gasteiger partial charge in [0, 0.05) is 62.7 Å². The van der Waals surface area contributed by atoms with Crippen molar-refractivity contribution in [1.82, 2.24) is 15.1 Å². The third-order valence-corrected chi connectivity index (χ3v) is 7.18. The lowest BCUT2D eigenvalue weighted by atomic mass is 10.00. The van der Waals surface area contributed by atoms with Crippen molar-refractivity contribution in [2.24, 2.45) is 0 Å². The van der Waals surface area contributed by atoms with Gasteiger partial charge in [-0.3, -0.25) is 14.5 Å². The monoisotopic (exact) mass is 469 g/mol. The molecule has 1 unspecified atom stereocenters.